The Balaban J connectivity index is 1.76. The summed E-state index contributed by atoms with van der Waals surface area (Å²) < 4.78 is 0. The van der Waals surface area contributed by atoms with E-state index >= 15 is 0 Å². The normalized spacial score (nSPS) is 21.2. The van der Waals surface area contributed by atoms with Gasteiger partial charge >= 0.3 is 0 Å². The number of carbonyl (C=O) groups is 1. The van der Waals surface area contributed by atoms with Crippen LogP contribution in [0.4, 0.5) is 0 Å². The molecule has 0 spiro atoms. The van der Waals surface area contributed by atoms with Crippen molar-refractivity contribution in [2.75, 3.05) is 6.54 Å². The van der Waals surface area contributed by atoms with Crippen LogP contribution in [0.1, 0.15) is 25.1 Å². The topological polar surface area (TPSA) is 82.7 Å². The van der Waals surface area contributed by atoms with Gasteiger partial charge in [-0.05, 0) is 19.4 Å². The minimum absolute atomic E-state index is 0.0401. The highest BCUT2D eigenvalue weighted by molar-refractivity contribution is 5.81. The first kappa shape index (κ1) is 10.1. The van der Waals surface area contributed by atoms with Gasteiger partial charge in [-0.2, -0.15) is 5.10 Å². The van der Waals surface area contributed by atoms with Gasteiger partial charge in [-0.3, -0.25) is 9.89 Å². The van der Waals surface area contributed by atoms with Crippen molar-refractivity contribution >= 4 is 5.91 Å². The van der Waals surface area contributed by atoms with Crippen molar-refractivity contribution in [2.45, 2.75) is 31.8 Å². The summed E-state index contributed by atoms with van der Waals surface area (Å²) in [6.07, 6.45) is 4.63. The molecule has 1 amide bonds. The number of rotatable bonds is 3. The average molecular weight is 209 g/mol. The number of piperidine rings is 1. The number of nitrogens with zero attached hydrogens (tertiary/aromatic N) is 2. The summed E-state index contributed by atoms with van der Waals surface area (Å²) in [5.74, 6) is 0.727. The van der Waals surface area contributed by atoms with E-state index in [1.54, 1.807) is 0 Å². The molecular formula is C9H15N5O. The number of amides is 1. The highest BCUT2D eigenvalue weighted by Gasteiger charge is 2.19. The van der Waals surface area contributed by atoms with Crippen LogP contribution in [0.2, 0.25) is 0 Å². The average Bonchev–Trinajstić information content (AvgIpc) is 2.80. The lowest BCUT2D eigenvalue weighted by molar-refractivity contribution is -0.123. The van der Waals surface area contributed by atoms with Gasteiger partial charge < -0.3 is 10.6 Å². The van der Waals surface area contributed by atoms with Gasteiger partial charge in [0.05, 0.1) is 12.6 Å². The van der Waals surface area contributed by atoms with Gasteiger partial charge in [0.2, 0.25) is 5.91 Å². The zero-order valence-corrected chi connectivity index (χ0v) is 8.49. The molecule has 1 atom stereocenters. The number of H-pyrrole nitrogens is 1. The molecule has 0 radical (unpaired) electrons. The summed E-state index contributed by atoms with van der Waals surface area (Å²) in [5, 5.41) is 12.4. The van der Waals surface area contributed by atoms with Crippen LogP contribution in [0, 0.1) is 0 Å². The molecule has 2 heterocycles. The Kier molecular flexibility index (Phi) is 3.29. The molecule has 1 aliphatic heterocycles. The number of aromatic amines is 1. The third kappa shape index (κ3) is 2.76. The number of hydrogen-bond acceptors (Lipinski definition) is 4. The molecule has 1 fully saturated rings. The van der Waals surface area contributed by atoms with Gasteiger partial charge in [0.25, 0.3) is 0 Å². The molecule has 6 heteroatoms. The maximum Gasteiger partial charge on any atom is 0.237 e. The van der Waals surface area contributed by atoms with Gasteiger partial charge in [0, 0.05) is 0 Å². The van der Waals surface area contributed by atoms with Gasteiger partial charge in [0.1, 0.15) is 12.2 Å². The van der Waals surface area contributed by atoms with Crippen LogP contribution in [-0.4, -0.2) is 33.7 Å². The lowest BCUT2D eigenvalue weighted by Gasteiger charge is -2.22. The van der Waals surface area contributed by atoms with E-state index in [-0.39, 0.29) is 11.9 Å². The molecule has 6 nitrogen and oxygen atoms in total. The predicted molar refractivity (Wildman–Crippen MR) is 53.9 cm³/mol. The molecule has 3 N–H and O–H groups in total. The van der Waals surface area contributed by atoms with Crippen LogP contribution < -0.4 is 10.6 Å². The van der Waals surface area contributed by atoms with E-state index in [0.29, 0.717) is 12.4 Å². The smallest absolute Gasteiger partial charge is 0.237 e. The SMILES string of the molecule is O=C(NCc1ncn[nH]1)[C@H]1CCCCN1. The molecule has 1 aromatic rings. The molecule has 0 bridgehead atoms. The molecule has 1 aliphatic rings. The maximum atomic E-state index is 11.7. The number of hydrogen-bond donors (Lipinski definition) is 3. The summed E-state index contributed by atoms with van der Waals surface area (Å²) in [6, 6.07) is -0.0401. The number of carbonyl (C=O) groups excluding carboxylic acids is 1. The number of aromatic nitrogens is 3. The minimum atomic E-state index is -0.0401. The summed E-state index contributed by atoms with van der Waals surface area (Å²) in [6.45, 7) is 1.34. The van der Waals surface area contributed by atoms with Crippen molar-refractivity contribution in [3.8, 4) is 0 Å². The monoisotopic (exact) mass is 209 g/mol. The Hall–Kier alpha value is -1.43. The van der Waals surface area contributed by atoms with Crippen molar-refractivity contribution in [2.24, 2.45) is 0 Å². The zero-order valence-electron chi connectivity index (χ0n) is 8.49. The van der Waals surface area contributed by atoms with Crippen LogP contribution in [-0.2, 0) is 11.3 Å². The van der Waals surface area contributed by atoms with Crippen molar-refractivity contribution in [1.82, 2.24) is 25.8 Å². The van der Waals surface area contributed by atoms with E-state index in [2.05, 4.69) is 25.8 Å². The van der Waals surface area contributed by atoms with E-state index in [1.165, 1.54) is 6.33 Å². The second-order valence-corrected chi connectivity index (χ2v) is 3.65. The van der Waals surface area contributed by atoms with Crippen LogP contribution >= 0.6 is 0 Å². The third-order valence-electron chi connectivity index (χ3n) is 2.52. The zero-order chi connectivity index (χ0) is 10.5. The lowest BCUT2D eigenvalue weighted by atomic mass is 10.0. The molecule has 0 aromatic carbocycles. The molecule has 0 aliphatic carbocycles. The van der Waals surface area contributed by atoms with E-state index in [1.807, 2.05) is 0 Å². The Morgan fingerprint density at radius 2 is 2.53 bits per heavy atom. The Bertz CT molecular complexity index is 304. The Morgan fingerprint density at radius 1 is 1.60 bits per heavy atom. The number of nitrogens with one attached hydrogen (secondary N) is 3. The fourth-order valence-electron chi connectivity index (χ4n) is 1.69. The first-order valence-electron chi connectivity index (χ1n) is 5.21. The minimum Gasteiger partial charge on any atom is -0.347 e. The van der Waals surface area contributed by atoms with E-state index in [0.717, 1.165) is 25.8 Å². The molecule has 15 heavy (non-hydrogen) atoms. The highest BCUT2D eigenvalue weighted by Crippen LogP contribution is 2.06. The Morgan fingerprint density at radius 3 is 3.20 bits per heavy atom. The second-order valence-electron chi connectivity index (χ2n) is 3.65. The molecular weight excluding hydrogens is 194 g/mol. The van der Waals surface area contributed by atoms with Gasteiger partial charge in [-0.1, -0.05) is 6.42 Å². The first-order valence-corrected chi connectivity index (χ1v) is 5.21. The van der Waals surface area contributed by atoms with Gasteiger partial charge in [-0.25, -0.2) is 4.98 Å². The van der Waals surface area contributed by atoms with E-state index in [9.17, 15) is 4.79 Å². The highest BCUT2D eigenvalue weighted by atomic mass is 16.2. The van der Waals surface area contributed by atoms with Crippen LogP contribution in [0.5, 0.6) is 0 Å². The summed E-state index contributed by atoms with van der Waals surface area (Å²) in [5.41, 5.74) is 0. The van der Waals surface area contributed by atoms with Crippen molar-refractivity contribution < 1.29 is 4.79 Å². The molecule has 1 aromatic heterocycles. The summed E-state index contributed by atoms with van der Waals surface area (Å²) in [7, 11) is 0. The van der Waals surface area contributed by atoms with E-state index in [4.69, 9.17) is 0 Å². The third-order valence-corrected chi connectivity index (χ3v) is 2.52. The standard InChI is InChI=1S/C9H15N5O/c15-9(7-3-1-2-4-10-7)11-5-8-12-6-13-14-8/h6-7,10H,1-5H2,(H,11,15)(H,12,13,14)/t7-/m1/s1. The van der Waals surface area contributed by atoms with Crippen LogP contribution in [0.3, 0.4) is 0 Å². The largest absolute Gasteiger partial charge is 0.347 e. The molecule has 0 saturated carbocycles. The lowest BCUT2D eigenvalue weighted by Crippen LogP contribution is -2.46. The van der Waals surface area contributed by atoms with Gasteiger partial charge in [0.15, 0.2) is 0 Å². The second kappa shape index (κ2) is 4.88. The van der Waals surface area contributed by atoms with Crippen LogP contribution in [0.15, 0.2) is 6.33 Å². The van der Waals surface area contributed by atoms with Crippen LogP contribution in [0.25, 0.3) is 0 Å². The molecule has 82 valence electrons. The van der Waals surface area contributed by atoms with Crippen molar-refractivity contribution in [3.05, 3.63) is 12.2 Å². The quantitative estimate of drug-likeness (QED) is 0.630. The summed E-state index contributed by atoms with van der Waals surface area (Å²) in [4.78, 5) is 15.6. The molecule has 0 unspecified atom stereocenters. The van der Waals surface area contributed by atoms with Crippen molar-refractivity contribution in [1.29, 1.82) is 0 Å². The van der Waals surface area contributed by atoms with Gasteiger partial charge in [-0.15, -0.1) is 0 Å². The fourth-order valence-corrected chi connectivity index (χ4v) is 1.69. The summed E-state index contributed by atoms with van der Waals surface area (Å²) >= 11 is 0. The fraction of sp³-hybridized carbons (Fsp3) is 0.667. The maximum absolute atomic E-state index is 11.7. The van der Waals surface area contributed by atoms with Crippen molar-refractivity contribution in [3.63, 3.8) is 0 Å². The molecule has 2 rings (SSSR count). The predicted octanol–water partition coefficient (Wildman–Crippen LogP) is -0.437. The first-order chi connectivity index (χ1) is 7.36. The Labute approximate surface area is 87.9 Å². The van der Waals surface area contributed by atoms with E-state index < -0.39 is 0 Å². The molecule has 1 saturated heterocycles.